The van der Waals surface area contributed by atoms with Crippen molar-refractivity contribution in [3.8, 4) is 0 Å². The van der Waals surface area contributed by atoms with Crippen molar-refractivity contribution in [3.05, 3.63) is 0 Å². The van der Waals surface area contributed by atoms with E-state index in [0.717, 1.165) is 25.7 Å². The van der Waals surface area contributed by atoms with Crippen molar-refractivity contribution in [1.82, 2.24) is 5.32 Å². The van der Waals surface area contributed by atoms with Crippen molar-refractivity contribution in [3.63, 3.8) is 0 Å². The predicted octanol–water partition coefficient (Wildman–Crippen LogP) is 1.31. The van der Waals surface area contributed by atoms with Crippen molar-refractivity contribution >= 4 is 5.91 Å². The van der Waals surface area contributed by atoms with E-state index in [0.29, 0.717) is 0 Å². The lowest BCUT2D eigenvalue weighted by Crippen LogP contribution is -2.42. The van der Waals surface area contributed by atoms with Crippen LogP contribution < -0.4 is 5.32 Å². The first-order valence-electron chi connectivity index (χ1n) is 5.20. The lowest BCUT2D eigenvalue weighted by molar-refractivity contribution is -0.130. The lowest BCUT2D eigenvalue weighted by atomic mass is 9.88. The van der Waals surface area contributed by atoms with Crippen LogP contribution in [0.3, 0.4) is 0 Å². The van der Waals surface area contributed by atoms with Crippen molar-refractivity contribution in [2.24, 2.45) is 5.41 Å². The zero-order valence-electron chi connectivity index (χ0n) is 8.80. The second-order valence-corrected chi connectivity index (χ2v) is 4.38. The van der Waals surface area contributed by atoms with Crippen LogP contribution in [-0.4, -0.2) is 30.1 Å². The minimum atomic E-state index is -2.80. The molecule has 0 aliphatic heterocycles. The maximum Gasteiger partial charge on any atom is 0.265 e. The van der Waals surface area contributed by atoms with Crippen LogP contribution in [0.5, 0.6) is 0 Å². The van der Waals surface area contributed by atoms with E-state index in [9.17, 15) is 13.6 Å². The van der Waals surface area contributed by atoms with Crippen molar-refractivity contribution in [1.29, 1.82) is 0 Å². The van der Waals surface area contributed by atoms with E-state index in [1.54, 1.807) is 0 Å². The highest BCUT2D eigenvalue weighted by Crippen LogP contribution is 2.37. The van der Waals surface area contributed by atoms with Gasteiger partial charge < -0.3 is 10.4 Å². The van der Waals surface area contributed by atoms with E-state index >= 15 is 0 Å². The summed E-state index contributed by atoms with van der Waals surface area (Å²) in [7, 11) is 0. The van der Waals surface area contributed by atoms with E-state index in [1.807, 2.05) is 6.92 Å². The zero-order chi connectivity index (χ0) is 11.5. The molecule has 1 unspecified atom stereocenters. The summed E-state index contributed by atoms with van der Waals surface area (Å²) in [4.78, 5) is 11.6. The minimum Gasteiger partial charge on any atom is -0.385 e. The third kappa shape index (κ3) is 3.12. The van der Waals surface area contributed by atoms with E-state index in [1.165, 1.54) is 0 Å². The molecule has 0 aromatic rings. The van der Waals surface area contributed by atoms with Gasteiger partial charge in [0.05, 0.1) is 0 Å². The molecule has 0 aromatic heterocycles. The number of hydrogen-bond donors (Lipinski definition) is 2. The molecule has 88 valence electrons. The Labute approximate surface area is 87.9 Å². The van der Waals surface area contributed by atoms with Gasteiger partial charge in [0.15, 0.2) is 0 Å². The Morgan fingerprint density at radius 1 is 1.47 bits per heavy atom. The number of nitrogens with one attached hydrogen (secondary N) is 1. The Balaban J connectivity index is 2.35. The van der Waals surface area contributed by atoms with Crippen LogP contribution in [0.25, 0.3) is 0 Å². The smallest absolute Gasteiger partial charge is 0.265 e. The van der Waals surface area contributed by atoms with Gasteiger partial charge in [-0.25, -0.2) is 8.78 Å². The predicted molar refractivity (Wildman–Crippen MR) is 51.6 cm³/mol. The van der Waals surface area contributed by atoms with Gasteiger partial charge in [-0.2, -0.15) is 0 Å². The van der Waals surface area contributed by atoms with Gasteiger partial charge in [-0.05, 0) is 12.8 Å². The number of aliphatic hydroxyl groups is 1. The number of rotatable bonds is 4. The Kier molecular flexibility index (Phi) is 4.02. The first kappa shape index (κ1) is 12.4. The number of carbonyl (C=O) groups excluding carboxylic acids is 1. The Morgan fingerprint density at radius 3 is 2.47 bits per heavy atom. The fourth-order valence-corrected chi connectivity index (χ4v) is 1.88. The standard InChI is InChI=1S/C10H17F2NO2/c1-10(4-2-3-5-10)9(15)13-6-7(14)8(11)12/h7-8,14H,2-6H2,1H3,(H,13,15). The first-order chi connectivity index (χ1) is 6.96. The normalized spacial score (nSPS) is 21.7. The second kappa shape index (κ2) is 4.88. The van der Waals surface area contributed by atoms with Crippen LogP contribution in [0.4, 0.5) is 8.78 Å². The summed E-state index contributed by atoms with van der Waals surface area (Å²) in [6.07, 6.45) is -0.976. The molecule has 1 aliphatic rings. The monoisotopic (exact) mass is 221 g/mol. The van der Waals surface area contributed by atoms with Crippen LogP contribution in [0.1, 0.15) is 32.6 Å². The maximum absolute atomic E-state index is 12.0. The second-order valence-electron chi connectivity index (χ2n) is 4.38. The highest BCUT2D eigenvalue weighted by atomic mass is 19.3. The Morgan fingerprint density at radius 2 is 2.00 bits per heavy atom. The lowest BCUT2D eigenvalue weighted by Gasteiger charge is -2.23. The largest absolute Gasteiger partial charge is 0.385 e. The van der Waals surface area contributed by atoms with Gasteiger partial charge in [0.2, 0.25) is 5.91 Å². The average molecular weight is 221 g/mol. The van der Waals surface area contributed by atoms with Gasteiger partial charge in [-0.3, -0.25) is 4.79 Å². The molecule has 1 aliphatic carbocycles. The molecule has 0 spiro atoms. The maximum atomic E-state index is 12.0. The molecule has 1 atom stereocenters. The average Bonchev–Trinajstić information content (AvgIpc) is 2.62. The minimum absolute atomic E-state index is 0.222. The summed E-state index contributed by atoms with van der Waals surface area (Å²) >= 11 is 0. The molecule has 1 fully saturated rings. The topological polar surface area (TPSA) is 49.3 Å². The highest BCUT2D eigenvalue weighted by Gasteiger charge is 2.36. The number of hydrogen-bond acceptors (Lipinski definition) is 2. The van der Waals surface area contributed by atoms with Gasteiger partial charge in [0.1, 0.15) is 6.10 Å². The number of halogens is 2. The molecule has 1 amide bonds. The van der Waals surface area contributed by atoms with Gasteiger partial charge in [-0.15, -0.1) is 0 Å². The summed E-state index contributed by atoms with van der Waals surface area (Å²) in [5.74, 6) is -0.222. The fraction of sp³-hybridized carbons (Fsp3) is 0.900. The summed E-state index contributed by atoms with van der Waals surface area (Å²) < 4.78 is 23.9. The van der Waals surface area contributed by atoms with Crippen molar-refractivity contribution in [2.75, 3.05) is 6.54 Å². The molecule has 15 heavy (non-hydrogen) atoms. The van der Waals surface area contributed by atoms with E-state index in [4.69, 9.17) is 5.11 Å². The molecular formula is C10H17F2NO2. The van der Waals surface area contributed by atoms with Gasteiger partial charge in [-0.1, -0.05) is 19.8 Å². The SMILES string of the molecule is CC1(C(=O)NCC(O)C(F)F)CCCC1. The third-order valence-corrected chi connectivity index (χ3v) is 3.02. The van der Waals surface area contributed by atoms with Crippen LogP contribution in [0.2, 0.25) is 0 Å². The van der Waals surface area contributed by atoms with Crippen molar-refractivity contribution in [2.45, 2.75) is 45.1 Å². The van der Waals surface area contributed by atoms with Gasteiger partial charge in [0, 0.05) is 12.0 Å². The quantitative estimate of drug-likeness (QED) is 0.752. The zero-order valence-corrected chi connectivity index (χ0v) is 8.80. The number of amides is 1. The number of alkyl halides is 2. The summed E-state index contributed by atoms with van der Waals surface area (Å²) in [6.45, 7) is 1.47. The molecule has 0 aromatic carbocycles. The molecule has 0 saturated heterocycles. The van der Waals surface area contributed by atoms with Gasteiger partial charge in [0.25, 0.3) is 6.43 Å². The molecule has 5 heteroatoms. The molecule has 0 heterocycles. The molecule has 0 bridgehead atoms. The summed E-state index contributed by atoms with van der Waals surface area (Å²) in [6, 6.07) is 0. The van der Waals surface area contributed by atoms with E-state index in [2.05, 4.69) is 5.32 Å². The Hall–Kier alpha value is -0.710. The number of aliphatic hydroxyl groups excluding tert-OH is 1. The molecule has 1 saturated carbocycles. The fourth-order valence-electron chi connectivity index (χ4n) is 1.88. The molecule has 0 radical (unpaired) electrons. The molecular weight excluding hydrogens is 204 g/mol. The van der Waals surface area contributed by atoms with Crippen molar-refractivity contribution < 1.29 is 18.7 Å². The van der Waals surface area contributed by atoms with Crippen LogP contribution in [0.15, 0.2) is 0 Å². The third-order valence-electron chi connectivity index (χ3n) is 3.02. The van der Waals surface area contributed by atoms with E-state index < -0.39 is 17.9 Å². The summed E-state index contributed by atoms with van der Waals surface area (Å²) in [5, 5.41) is 11.2. The Bertz CT molecular complexity index is 227. The van der Waals surface area contributed by atoms with E-state index in [-0.39, 0.29) is 12.5 Å². The summed E-state index contributed by atoms with van der Waals surface area (Å²) in [5.41, 5.74) is -0.429. The van der Waals surface area contributed by atoms with Crippen LogP contribution in [-0.2, 0) is 4.79 Å². The molecule has 1 rings (SSSR count). The van der Waals surface area contributed by atoms with Crippen LogP contribution >= 0.6 is 0 Å². The number of carbonyl (C=O) groups is 1. The highest BCUT2D eigenvalue weighted by molar-refractivity contribution is 5.82. The first-order valence-corrected chi connectivity index (χ1v) is 5.20. The van der Waals surface area contributed by atoms with Crippen LogP contribution in [0, 0.1) is 5.41 Å². The molecule has 3 nitrogen and oxygen atoms in total. The van der Waals surface area contributed by atoms with Gasteiger partial charge >= 0.3 is 0 Å². The molecule has 2 N–H and O–H groups in total.